The van der Waals surface area contributed by atoms with E-state index < -0.39 is 0 Å². The van der Waals surface area contributed by atoms with Gasteiger partial charge in [-0.05, 0) is 54.5 Å². The van der Waals surface area contributed by atoms with Crippen LogP contribution in [0.25, 0.3) is 11.0 Å². The molecule has 1 saturated carbocycles. The minimum absolute atomic E-state index is 0.544. The monoisotopic (exact) mass is 403 g/mol. The summed E-state index contributed by atoms with van der Waals surface area (Å²) in [6.07, 6.45) is 3.56. The van der Waals surface area contributed by atoms with Crippen LogP contribution in [0.3, 0.4) is 0 Å². The molecule has 2 aliphatic rings. The quantitative estimate of drug-likeness (QED) is 0.680. The van der Waals surface area contributed by atoms with Crippen molar-refractivity contribution in [1.29, 1.82) is 0 Å². The lowest BCUT2D eigenvalue weighted by Crippen LogP contribution is -2.47. The molecular formula is C24H29N5O. The maximum absolute atomic E-state index is 6.31. The molecule has 6 nitrogen and oxygen atoms in total. The maximum Gasteiger partial charge on any atom is 0.172 e. The highest BCUT2D eigenvalue weighted by Gasteiger charge is 2.27. The lowest BCUT2D eigenvalue weighted by molar-refractivity contribution is 0.260. The number of nitrogens with two attached hydrogens (primary N) is 1. The van der Waals surface area contributed by atoms with E-state index in [2.05, 4.69) is 39.0 Å². The van der Waals surface area contributed by atoms with Gasteiger partial charge < -0.3 is 15.4 Å². The highest BCUT2D eigenvalue weighted by Crippen LogP contribution is 2.43. The molecule has 0 spiro atoms. The lowest BCUT2D eigenvalue weighted by Gasteiger charge is -2.35. The third kappa shape index (κ3) is 3.92. The van der Waals surface area contributed by atoms with E-state index in [0.29, 0.717) is 11.7 Å². The van der Waals surface area contributed by atoms with Gasteiger partial charge in [-0.15, -0.1) is 0 Å². The summed E-state index contributed by atoms with van der Waals surface area (Å²) in [6, 6.07) is 14.7. The van der Waals surface area contributed by atoms with Crippen LogP contribution in [-0.4, -0.2) is 54.7 Å². The summed E-state index contributed by atoms with van der Waals surface area (Å²) in [5, 5.41) is 0. The number of nitrogen functional groups attached to an aromatic ring is 1. The fourth-order valence-corrected chi connectivity index (χ4v) is 4.32. The molecule has 0 radical (unpaired) electrons. The first kappa shape index (κ1) is 19.1. The predicted molar refractivity (Wildman–Crippen MR) is 121 cm³/mol. The Morgan fingerprint density at radius 2 is 1.77 bits per heavy atom. The number of ether oxygens (including phenoxy) is 1. The first-order chi connectivity index (χ1) is 14.7. The average Bonchev–Trinajstić information content (AvgIpc) is 3.63. The third-order valence-electron chi connectivity index (χ3n) is 6.30. The smallest absolute Gasteiger partial charge is 0.172 e. The van der Waals surface area contributed by atoms with Crippen LogP contribution in [0.4, 0.5) is 11.6 Å². The van der Waals surface area contributed by atoms with E-state index in [1.165, 1.54) is 24.0 Å². The Morgan fingerprint density at radius 1 is 1.00 bits per heavy atom. The van der Waals surface area contributed by atoms with Crippen LogP contribution in [0.15, 0.2) is 42.5 Å². The number of piperazine rings is 1. The standard InChI is InChI=1S/C24H29N5O/c1-30-19-9-5-17(6-10-19)11-12-28-13-15-29(16-14-28)24-23(25)26-21-4-2-3-20(18-7-8-18)22(21)27-24/h2-6,9-10,18H,7-8,11-16H2,1H3,(H2,25,26). The zero-order chi connectivity index (χ0) is 20.5. The Kier molecular flexibility index (Phi) is 5.17. The van der Waals surface area contributed by atoms with E-state index in [1.807, 2.05) is 18.2 Å². The van der Waals surface area contributed by atoms with Crippen LogP contribution in [0.5, 0.6) is 5.75 Å². The van der Waals surface area contributed by atoms with Gasteiger partial charge >= 0.3 is 0 Å². The summed E-state index contributed by atoms with van der Waals surface area (Å²) >= 11 is 0. The molecule has 30 heavy (non-hydrogen) atoms. The van der Waals surface area contributed by atoms with Gasteiger partial charge in [-0.25, -0.2) is 9.97 Å². The number of nitrogens with zero attached hydrogens (tertiary/aromatic N) is 4. The summed E-state index contributed by atoms with van der Waals surface area (Å²) in [4.78, 5) is 14.5. The number of aromatic nitrogens is 2. The zero-order valence-electron chi connectivity index (χ0n) is 17.6. The highest BCUT2D eigenvalue weighted by molar-refractivity contribution is 5.83. The van der Waals surface area contributed by atoms with Gasteiger partial charge in [-0.3, -0.25) is 4.90 Å². The van der Waals surface area contributed by atoms with Gasteiger partial charge in [0.05, 0.1) is 18.1 Å². The molecule has 1 saturated heterocycles. The molecular weight excluding hydrogens is 374 g/mol. The van der Waals surface area contributed by atoms with Gasteiger partial charge in [0.2, 0.25) is 0 Å². The predicted octanol–water partition coefficient (Wildman–Crippen LogP) is 3.46. The van der Waals surface area contributed by atoms with Crippen LogP contribution in [0.2, 0.25) is 0 Å². The summed E-state index contributed by atoms with van der Waals surface area (Å²) in [6.45, 7) is 4.95. The molecule has 1 aliphatic heterocycles. The highest BCUT2D eigenvalue weighted by atomic mass is 16.5. The zero-order valence-corrected chi connectivity index (χ0v) is 17.6. The van der Waals surface area contributed by atoms with Crippen molar-refractivity contribution in [2.45, 2.75) is 25.2 Å². The third-order valence-corrected chi connectivity index (χ3v) is 6.30. The summed E-state index contributed by atoms with van der Waals surface area (Å²) in [7, 11) is 1.70. The van der Waals surface area contributed by atoms with Crippen LogP contribution >= 0.6 is 0 Å². The van der Waals surface area contributed by atoms with Crippen molar-refractivity contribution in [2.75, 3.05) is 50.5 Å². The minimum atomic E-state index is 0.544. The number of hydrogen-bond acceptors (Lipinski definition) is 6. The van der Waals surface area contributed by atoms with Gasteiger partial charge in [0.1, 0.15) is 5.75 Å². The Bertz CT molecular complexity index is 1020. The normalized spacial score (nSPS) is 17.4. The van der Waals surface area contributed by atoms with Crippen molar-refractivity contribution in [3.8, 4) is 5.75 Å². The van der Waals surface area contributed by atoms with E-state index in [1.54, 1.807) is 7.11 Å². The van der Waals surface area contributed by atoms with E-state index >= 15 is 0 Å². The topological polar surface area (TPSA) is 67.5 Å². The molecule has 6 heteroatoms. The second kappa shape index (κ2) is 8.11. The van der Waals surface area contributed by atoms with Crippen molar-refractivity contribution in [1.82, 2.24) is 14.9 Å². The number of fused-ring (bicyclic) bond motifs is 1. The SMILES string of the molecule is COc1ccc(CCN2CCN(c3nc4c(C5CC5)cccc4nc3N)CC2)cc1. The molecule has 0 bridgehead atoms. The molecule has 156 valence electrons. The lowest BCUT2D eigenvalue weighted by atomic mass is 10.1. The fraction of sp³-hybridized carbons (Fsp3) is 0.417. The molecule has 2 fully saturated rings. The van der Waals surface area contributed by atoms with Gasteiger partial charge in [-0.1, -0.05) is 24.3 Å². The van der Waals surface area contributed by atoms with Crippen molar-refractivity contribution >= 4 is 22.7 Å². The van der Waals surface area contributed by atoms with E-state index in [-0.39, 0.29) is 0 Å². The molecule has 0 unspecified atom stereocenters. The van der Waals surface area contributed by atoms with Gasteiger partial charge in [0.25, 0.3) is 0 Å². The van der Waals surface area contributed by atoms with Gasteiger partial charge in [-0.2, -0.15) is 0 Å². The molecule has 2 heterocycles. The van der Waals surface area contributed by atoms with Crippen molar-refractivity contribution in [2.24, 2.45) is 0 Å². The Labute approximate surface area is 177 Å². The first-order valence-corrected chi connectivity index (χ1v) is 10.9. The number of benzene rings is 2. The molecule has 3 aromatic rings. The molecule has 1 aromatic heterocycles. The number of methoxy groups -OCH3 is 1. The molecule has 0 atom stereocenters. The van der Waals surface area contributed by atoms with E-state index in [4.69, 9.17) is 15.5 Å². The summed E-state index contributed by atoms with van der Waals surface area (Å²) in [5.74, 6) is 2.95. The Balaban J connectivity index is 1.24. The fourth-order valence-electron chi connectivity index (χ4n) is 4.32. The van der Waals surface area contributed by atoms with Crippen LogP contribution in [-0.2, 0) is 6.42 Å². The van der Waals surface area contributed by atoms with Crippen molar-refractivity contribution < 1.29 is 4.74 Å². The molecule has 2 aromatic carbocycles. The van der Waals surface area contributed by atoms with E-state index in [9.17, 15) is 0 Å². The Morgan fingerprint density at radius 3 is 2.47 bits per heavy atom. The van der Waals surface area contributed by atoms with Crippen molar-refractivity contribution in [3.05, 3.63) is 53.6 Å². The largest absolute Gasteiger partial charge is 0.497 e. The van der Waals surface area contributed by atoms with Gasteiger partial charge in [0, 0.05) is 32.7 Å². The molecule has 2 N–H and O–H groups in total. The van der Waals surface area contributed by atoms with Crippen LogP contribution < -0.4 is 15.4 Å². The second-order valence-corrected chi connectivity index (χ2v) is 8.35. The first-order valence-electron chi connectivity index (χ1n) is 10.9. The summed E-state index contributed by atoms with van der Waals surface area (Å²) < 4.78 is 5.24. The maximum atomic E-state index is 6.31. The number of para-hydroxylation sites is 1. The van der Waals surface area contributed by atoms with Crippen LogP contribution in [0.1, 0.15) is 29.9 Å². The van der Waals surface area contributed by atoms with Crippen LogP contribution in [0, 0.1) is 0 Å². The number of anilines is 2. The van der Waals surface area contributed by atoms with E-state index in [0.717, 1.165) is 61.7 Å². The minimum Gasteiger partial charge on any atom is -0.497 e. The summed E-state index contributed by atoms with van der Waals surface area (Å²) in [5.41, 5.74) is 10.9. The Hall–Kier alpha value is -2.86. The van der Waals surface area contributed by atoms with Gasteiger partial charge in [0.15, 0.2) is 11.6 Å². The average molecular weight is 404 g/mol. The number of hydrogen-bond donors (Lipinski definition) is 1. The molecule has 5 rings (SSSR count). The molecule has 1 aliphatic carbocycles. The second-order valence-electron chi connectivity index (χ2n) is 8.35. The number of rotatable bonds is 6. The molecule has 0 amide bonds. The van der Waals surface area contributed by atoms with Crippen molar-refractivity contribution in [3.63, 3.8) is 0 Å².